The molecule has 0 aromatic heterocycles. The van der Waals surface area contributed by atoms with Gasteiger partial charge in [0.05, 0.1) is 17.2 Å². The van der Waals surface area contributed by atoms with Crippen LogP contribution in [0.15, 0.2) is 30.3 Å². The monoisotopic (exact) mass is 322 g/mol. The number of hydrogen-bond acceptors (Lipinski definition) is 2. The number of carbonyl (C=O) groups is 1. The molecule has 2 nitrogen and oxygen atoms in total. The van der Waals surface area contributed by atoms with Crippen LogP contribution in [0.2, 0.25) is 10.0 Å². The quantitative estimate of drug-likeness (QED) is 0.737. The number of rotatable bonds is 4. The van der Waals surface area contributed by atoms with Crippen LogP contribution in [0.5, 0.6) is 5.75 Å². The molecule has 0 aliphatic rings. The lowest BCUT2D eigenvalue weighted by molar-refractivity contribution is 0.0993. The minimum Gasteiger partial charge on any atom is -0.495 e. The van der Waals surface area contributed by atoms with Gasteiger partial charge < -0.3 is 4.74 Å². The van der Waals surface area contributed by atoms with Crippen molar-refractivity contribution < 1.29 is 9.53 Å². The summed E-state index contributed by atoms with van der Waals surface area (Å²) in [5.74, 6) is 0.400. The average Bonchev–Trinajstić information content (AvgIpc) is 2.44. The summed E-state index contributed by atoms with van der Waals surface area (Å²) in [6, 6.07) is 9.12. The van der Waals surface area contributed by atoms with Gasteiger partial charge in [0.15, 0.2) is 5.78 Å². The van der Waals surface area contributed by atoms with Gasteiger partial charge >= 0.3 is 0 Å². The third-order valence-corrected chi connectivity index (χ3v) is 4.09. The van der Waals surface area contributed by atoms with Crippen molar-refractivity contribution in [3.05, 3.63) is 62.6 Å². The second-order valence-corrected chi connectivity index (χ2v) is 5.80. The van der Waals surface area contributed by atoms with E-state index in [-0.39, 0.29) is 5.78 Å². The van der Waals surface area contributed by atoms with E-state index in [0.717, 1.165) is 5.56 Å². The van der Waals surface area contributed by atoms with Crippen LogP contribution in [-0.4, -0.2) is 12.9 Å². The van der Waals surface area contributed by atoms with Crippen LogP contribution in [0.1, 0.15) is 27.0 Å². The van der Waals surface area contributed by atoms with Gasteiger partial charge in [-0.05, 0) is 36.6 Å². The first-order valence-electron chi connectivity index (χ1n) is 6.54. The number of methoxy groups -OCH3 is 1. The van der Waals surface area contributed by atoms with Crippen molar-refractivity contribution in [1.82, 2.24) is 0 Å². The molecule has 2 aromatic carbocycles. The summed E-state index contributed by atoms with van der Waals surface area (Å²) in [6.45, 7) is 4.07. The van der Waals surface area contributed by atoms with Crippen LogP contribution in [0.4, 0.5) is 0 Å². The molecule has 0 aliphatic carbocycles. The molecular formula is C17H16Cl2O2. The Labute approximate surface area is 134 Å². The summed E-state index contributed by atoms with van der Waals surface area (Å²) in [5.41, 5.74) is 3.75. The summed E-state index contributed by atoms with van der Waals surface area (Å²) < 4.78 is 5.08. The zero-order valence-corrected chi connectivity index (χ0v) is 13.7. The highest BCUT2D eigenvalue weighted by Crippen LogP contribution is 2.31. The van der Waals surface area contributed by atoms with Crippen LogP contribution in [-0.2, 0) is 6.42 Å². The third-order valence-electron chi connectivity index (χ3n) is 3.48. The van der Waals surface area contributed by atoms with E-state index < -0.39 is 0 Å². The van der Waals surface area contributed by atoms with Crippen molar-refractivity contribution in [2.24, 2.45) is 0 Å². The third kappa shape index (κ3) is 3.58. The maximum atomic E-state index is 12.4. The molecule has 21 heavy (non-hydrogen) atoms. The number of Topliss-reactive ketones (excluding diaryl/α,β-unsaturated/α-hetero) is 1. The summed E-state index contributed by atoms with van der Waals surface area (Å²) in [6.07, 6.45) is 0.295. The van der Waals surface area contributed by atoms with E-state index in [4.69, 9.17) is 27.9 Å². The van der Waals surface area contributed by atoms with Crippen LogP contribution in [0.25, 0.3) is 0 Å². The maximum Gasteiger partial charge on any atom is 0.168 e. The molecule has 110 valence electrons. The first-order chi connectivity index (χ1) is 9.92. The van der Waals surface area contributed by atoms with Crippen LogP contribution in [0.3, 0.4) is 0 Å². The Morgan fingerprint density at radius 3 is 2.38 bits per heavy atom. The molecule has 0 spiro atoms. The van der Waals surface area contributed by atoms with Crippen molar-refractivity contribution >= 4 is 29.0 Å². The van der Waals surface area contributed by atoms with Crippen molar-refractivity contribution in [3.63, 3.8) is 0 Å². The molecule has 0 heterocycles. The zero-order chi connectivity index (χ0) is 15.6. The topological polar surface area (TPSA) is 26.3 Å². The molecule has 0 bridgehead atoms. The van der Waals surface area contributed by atoms with Crippen molar-refractivity contribution in [1.29, 1.82) is 0 Å². The van der Waals surface area contributed by atoms with E-state index in [0.29, 0.717) is 27.8 Å². The highest BCUT2D eigenvalue weighted by atomic mass is 35.5. The molecular weight excluding hydrogens is 307 g/mol. The lowest BCUT2D eigenvalue weighted by atomic mass is 9.99. The molecule has 0 unspecified atom stereocenters. The van der Waals surface area contributed by atoms with Crippen LogP contribution < -0.4 is 4.74 Å². The second kappa shape index (κ2) is 6.50. The van der Waals surface area contributed by atoms with Gasteiger partial charge in [0, 0.05) is 18.1 Å². The van der Waals surface area contributed by atoms with Gasteiger partial charge in [-0.15, -0.1) is 0 Å². The molecule has 0 saturated heterocycles. The molecule has 0 saturated carbocycles. The van der Waals surface area contributed by atoms with Gasteiger partial charge in [-0.3, -0.25) is 4.79 Å². The van der Waals surface area contributed by atoms with Gasteiger partial charge in [0.2, 0.25) is 0 Å². The van der Waals surface area contributed by atoms with E-state index in [9.17, 15) is 4.79 Å². The highest BCUT2D eigenvalue weighted by molar-refractivity contribution is 6.36. The Morgan fingerprint density at radius 2 is 1.76 bits per heavy atom. The fraction of sp³-hybridized carbons (Fsp3) is 0.235. The van der Waals surface area contributed by atoms with Gasteiger partial charge in [0.25, 0.3) is 0 Å². The largest absolute Gasteiger partial charge is 0.495 e. The number of benzene rings is 2. The van der Waals surface area contributed by atoms with E-state index in [2.05, 4.69) is 0 Å². The SMILES string of the molecule is COc1cc(Cl)c(C(=O)Cc2ccc(C)c(C)c2)cc1Cl. The molecule has 0 aliphatic heterocycles. The maximum absolute atomic E-state index is 12.4. The van der Waals surface area contributed by atoms with Gasteiger partial charge in [0.1, 0.15) is 5.75 Å². The lowest BCUT2D eigenvalue weighted by Gasteiger charge is -2.09. The van der Waals surface area contributed by atoms with Crippen LogP contribution in [0, 0.1) is 13.8 Å². The smallest absolute Gasteiger partial charge is 0.168 e. The number of aryl methyl sites for hydroxylation is 2. The fourth-order valence-corrected chi connectivity index (χ4v) is 2.59. The summed E-state index contributed by atoms with van der Waals surface area (Å²) in [7, 11) is 1.51. The Kier molecular flexibility index (Phi) is 4.92. The van der Waals surface area contributed by atoms with Gasteiger partial charge in [-0.2, -0.15) is 0 Å². The zero-order valence-electron chi connectivity index (χ0n) is 12.2. The van der Waals surface area contributed by atoms with Crippen LogP contribution >= 0.6 is 23.2 Å². The Hall–Kier alpha value is -1.51. The molecule has 0 radical (unpaired) electrons. The standard InChI is InChI=1S/C17H16Cl2O2/c1-10-4-5-12(6-11(10)2)7-16(20)13-8-15(19)17(21-3)9-14(13)18/h4-6,8-9H,7H2,1-3H3. The number of ketones is 1. The predicted octanol–water partition coefficient (Wildman–Crippen LogP) is 5.04. The first-order valence-corrected chi connectivity index (χ1v) is 7.30. The molecule has 2 aromatic rings. The van der Waals surface area contributed by atoms with E-state index in [1.807, 2.05) is 32.0 Å². The Morgan fingerprint density at radius 1 is 1.05 bits per heavy atom. The predicted molar refractivity (Wildman–Crippen MR) is 87.0 cm³/mol. The Balaban J connectivity index is 2.28. The normalized spacial score (nSPS) is 10.5. The molecule has 2 rings (SSSR count). The van der Waals surface area contributed by atoms with Crippen molar-refractivity contribution in [3.8, 4) is 5.75 Å². The summed E-state index contributed by atoms with van der Waals surface area (Å²) >= 11 is 12.2. The molecule has 0 amide bonds. The van der Waals surface area contributed by atoms with Gasteiger partial charge in [-0.1, -0.05) is 41.4 Å². The minimum absolute atomic E-state index is 0.0622. The van der Waals surface area contributed by atoms with E-state index >= 15 is 0 Å². The fourth-order valence-electron chi connectivity index (χ4n) is 2.09. The van der Waals surface area contributed by atoms with Gasteiger partial charge in [-0.25, -0.2) is 0 Å². The lowest BCUT2D eigenvalue weighted by Crippen LogP contribution is -2.05. The second-order valence-electron chi connectivity index (χ2n) is 4.99. The Bertz CT molecular complexity index is 693. The molecule has 0 atom stereocenters. The first kappa shape index (κ1) is 15.9. The molecule has 0 N–H and O–H groups in total. The number of halogens is 2. The molecule has 0 fully saturated rings. The van der Waals surface area contributed by atoms with Crippen molar-refractivity contribution in [2.75, 3.05) is 7.11 Å². The number of carbonyl (C=O) groups excluding carboxylic acids is 1. The van der Waals surface area contributed by atoms with E-state index in [1.54, 1.807) is 12.1 Å². The summed E-state index contributed by atoms with van der Waals surface area (Å²) in [5, 5.41) is 0.732. The highest BCUT2D eigenvalue weighted by Gasteiger charge is 2.15. The number of ether oxygens (including phenoxy) is 1. The van der Waals surface area contributed by atoms with E-state index in [1.165, 1.54) is 18.2 Å². The minimum atomic E-state index is -0.0622. The average molecular weight is 323 g/mol. The van der Waals surface area contributed by atoms with Crippen molar-refractivity contribution in [2.45, 2.75) is 20.3 Å². The summed E-state index contributed by atoms with van der Waals surface area (Å²) in [4.78, 5) is 12.4. The molecule has 4 heteroatoms. The number of hydrogen-bond donors (Lipinski definition) is 0.